The molecular formula is C29H28BrN3O4. The number of hydrogen-bond acceptors (Lipinski definition) is 5. The minimum absolute atomic E-state index is 0.0493. The molecule has 0 fully saturated rings. The van der Waals surface area contributed by atoms with Crippen LogP contribution in [0.4, 0.5) is 5.69 Å². The van der Waals surface area contributed by atoms with Crippen LogP contribution in [0.15, 0.2) is 70.7 Å². The summed E-state index contributed by atoms with van der Waals surface area (Å²) in [7, 11) is 0. The smallest absolute Gasteiger partial charge is 0.262 e. The van der Waals surface area contributed by atoms with Crippen LogP contribution in [0.1, 0.15) is 29.2 Å². The fraction of sp³-hybridized carbons (Fsp3) is 0.207. The standard InChI is InChI=1S/C29H28BrN3O4/c1-4-36-26-15-22(13-23(16-31)29(35)32-17-21-8-6-5-7-9-21)14-24(30)28(26)37-18-27(34)33-25-11-10-19(2)12-20(25)3/h5-15H,4,17-18H2,1-3H3,(H,32,35)(H,33,34)/b23-13+. The number of benzene rings is 3. The molecule has 0 spiro atoms. The van der Waals surface area contributed by atoms with Crippen LogP contribution >= 0.6 is 15.9 Å². The molecule has 0 unspecified atom stereocenters. The van der Waals surface area contributed by atoms with E-state index in [0.29, 0.717) is 34.7 Å². The van der Waals surface area contributed by atoms with Crippen molar-refractivity contribution in [3.05, 3.63) is 93.0 Å². The number of ether oxygens (including phenoxy) is 2. The molecule has 0 saturated carbocycles. The van der Waals surface area contributed by atoms with Crippen molar-refractivity contribution in [2.75, 3.05) is 18.5 Å². The highest BCUT2D eigenvalue weighted by atomic mass is 79.9. The Morgan fingerprint density at radius 3 is 2.49 bits per heavy atom. The molecule has 0 aliphatic heterocycles. The Morgan fingerprint density at radius 2 is 1.81 bits per heavy atom. The van der Waals surface area contributed by atoms with Gasteiger partial charge in [0.05, 0.1) is 11.1 Å². The summed E-state index contributed by atoms with van der Waals surface area (Å²) in [4.78, 5) is 25.1. The second-order valence-corrected chi connectivity index (χ2v) is 9.11. The molecule has 0 atom stereocenters. The van der Waals surface area contributed by atoms with Crippen molar-refractivity contribution in [3.8, 4) is 17.6 Å². The number of nitrogens with one attached hydrogen (secondary N) is 2. The lowest BCUT2D eigenvalue weighted by Gasteiger charge is -2.15. The maximum Gasteiger partial charge on any atom is 0.262 e. The summed E-state index contributed by atoms with van der Waals surface area (Å²) in [5.74, 6) is -0.0674. The van der Waals surface area contributed by atoms with Gasteiger partial charge in [-0.25, -0.2) is 0 Å². The molecule has 0 radical (unpaired) electrons. The number of nitrogens with zero attached hydrogens (tertiary/aromatic N) is 1. The minimum atomic E-state index is -0.483. The van der Waals surface area contributed by atoms with E-state index in [9.17, 15) is 14.9 Å². The summed E-state index contributed by atoms with van der Waals surface area (Å²) < 4.78 is 12.0. The zero-order chi connectivity index (χ0) is 26.8. The average molecular weight is 562 g/mol. The highest BCUT2D eigenvalue weighted by Crippen LogP contribution is 2.37. The lowest BCUT2D eigenvalue weighted by molar-refractivity contribution is -0.118. The molecule has 3 aromatic carbocycles. The van der Waals surface area contributed by atoms with Gasteiger partial charge < -0.3 is 20.1 Å². The summed E-state index contributed by atoms with van der Waals surface area (Å²) in [5, 5.41) is 15.2. The van der Waals surface area contributed by atoms with Gasteiger partial charge in [0.25, 0.3) is 11.8 Å². The van der Waals surface area contributed by atoms with E-state index in [1.165, 1.54) is 6.08 Å². The lowest BCUT2D eigenvalue weighted by atomic mass is 10.1. The molecule has 0 aliphatic carbocycles. The highest BCUT2D eigenvalue weighted by Gasteiger charge is 2.16. The number of carbonyl (C=O) groups is 2. The van der Waals surface area contributed by atoms with E-state index in [1.807, 2.05) is 75.4 Å². The summed E-state index contributed by atoms with van der Waals surface area (Å²) in [6, 6.07) is 20.5. The van der Waals surface area contributed by atoms with Crippen LogP contribution < -0.4 is 20.1 Å². The topological polar surface area (TPSA) is 100 Å². The Kier molecular flexibility index (Phi) is 9.87. The van der Waals surface area contributed by atoms with Crippen molar-refractivity contribution in [2.45, 2.75) is 27.3 Å². The highest BCUT2D eigenvalue weighted by molar-refractivity contribution is 9.10. The third-order valence-electron chi connectivity index (χ3n) is 5.31. The van der Waals surface area contributed by atoms with E-state index in [4.69, 9.17) is 9.47 Å². The second-order valence-electron chi connectivity index (χ2n) is 8.26. The lowest BCUT2D eigenvalue weighted by Crippen LogP contribution is -2.23. The Bertz CT molecular complexity index is 1350. The predicted octanol–water partition coefficient (Wildman–Crippen LogP) is 5.71. The second kappa shape index (κ2) is 13.3. The first kappa shape index (κ1) is 27.5. The number of carbonyl (C=O) groups excluding carboxylic acids is 2. The van der Waals surface area contributed by atoms with Crippen molar-refractivity contribution in [2.24, 2.45) is 0 Å². The summed E-state index contributed by atoms with van der Waals surface area (Å²) in [6.07, 6.45) is 1.48. The van der Waals surface area contributed by atoms with Gasteiger partial charge in [0, 0.05) is 12.2 Å². The maximum atomic E-state index is 12.6. The number of halogens is 1. The molecule has 0 aliphatic rings. The van der Waals surface area contributed by atoms with Gasteiger partial charge in [-0.1, -0.05) is 48.0 Å². The molecule has 0 aromatic heterocycles. The van der Waals surface area contributed by atoms with Crippen LogP contribution in [0.25, 0.3) is 6.08 Å². The quantitative estimate of drug-likeness (QED) is 0.244. The number of nitriles is 1. The summed E-state index contributed by atoms with van der Waals surface area (Å²) >= 11 is 3.47. The van der Waals surface area contributed by atoms with Gasteiger partial charge in [0.15, 0.2) is 18.1 Å². The summed E-state index contributed by atoms with van der Waals surface area (Å²) in [6.45, 7) is 6.18. The first-order valence-corrected chi connectivity index (χ1v) is 12.5. The normalized spacial score (nSPS) is 10.8. The molecule has 2 N–H and O–H groups in total. The number of hydrogen-bond donors (Lipinski definition) is 2. The molecule has 0 saturated heterocycles. The molecule has 37 heavy (non-hydrogen) atoms. The van der Waals surface area contributed by atoms with Crippen molar-refractivity contribution in [3.63, 3.8) is 0 Å². The van der Waals surface area contributed by atoms with Crippen molar-refractivity contribution < 1.29 is 19.1 Å². The minimum Gasteiger partial charge on any atom is -0.490 e. The predicted molar refractivity (Wildman–Crippen MR) is 147 cm³/mol. The molecule has 3 aromatic rings. The molecule has 7 nitrogen and oxygen atoms in total. The molecule has 8 heteroatoms. The van der Waals surface area contributed by atoms with Gasteiger partial charge in [0.1, 0.15) is 11.6 Å². The van der Waals surface area contributed by atoms with Crippen LogP contribution in [0, 0.1) is 25.2 Å². The average Bonchev–Trinajstić information content (AvgIpc) is 2.88. The Labute approximate surface area is 225 Å². The monoisotopic (exact) mass is 561 g/mol. The van der Waals surface area contributed by atoms with E-state index in [1.54, 1.807) is 12.1 Å². The molecule has 3 rings (SSSR count). The van der Waals surface area contributed by atoms with Crippen molar-refractivity contribution >= 4 is 39.5 Å². The molecule has 0 heterocycles. The van der Waals surface area contributed by atoms with Crippen LogP contribution in [-0.2, 0) is 16.1 Å². The summed E-state index contributed by atoms with van der Waals surface area (Å²) in [5.41, 5.74) is 4.23. The zero-order valence-corrected chi connectivity index (χ0v) is 22.5. The Hall–Kier alpha value is -4.09. The van der Waals surface area contributed by atoms with Gasteiger partial charge in [-0.05, 0) is 77.7 Å². The van der Waals surface area contributed by atoms with Crippen LogP contribution in [-0.4, -0.2) is 25.0 Å². The van der Waals surface area contributed by atoms with E-state index in [-0.39, 0.29) is 18.1 Å². The molecule has 2 amide bonds. The first-order chi connectivity index (χ1) is 17.8. The zero-order valence-electron chi connectivity index (χ0n) is 20.9. The fourth-order valence-corrected chi connectivity index (χ4v) is 4.12. The maximum absolute atomic E-state index is 12.6. The van der Waals surface area contributed by atoms with E-state index in [0.717, 1.165) is 22.4 Å². The number of rotatable bonds is 10. The van der Waals surface area contributed by atoms with Gasteiger partial charge in [-0.15, -0.1) is 0 Å². The number of anilines is 1. The number of aryl methyl sites for hydroxylation is 2. The largest absolute Gasteiger partial charge is 0.490 e. The molecule has 0 bridgehead atoms. The van der Waals surface area contributed by atoms with E-state index in [2.05, 4.69) is 26.6 Å². The van der Waals surface area contributed by atoms with Crippen molar-refractivity contribution in [1.29, 1.82) is 5.26 Å². The van der Waals surface area contributed by atoms with Gasteiger partial charge in [0.2, 0.25) is 0 Å². The molecular weight excluding hydrogens is 534 g/mol. The van der Waals surface area contributed by atoms with Crippen molar-refractivity contribution in [1.82, 2.24) is 5.32 Å². The Morgan fingerprint density at radius 1 is 1.05 bits per heavy atom. The van der Waals surface area contributed by atoms with Gasteiger partial charge in [-0.2, -0.15) is 5.26 Å². The third-order valence-corrected chi connectivity index (χ3v) is 5.90. The Balaban J connectivity index is 1.73. The number of amides is 2. The van der Waals surface area contributed by atoms with Crippen LogP contribution in [0.2, 0.25) is 0 Å². The fourth-order valence-electron chi connectivity index (χ4n) is 3.54. The van der Waals surface area contributed by atoms with Gasteiger partial charge in [-0.3, -0.25) is 9.59 Å². The van der Waals surface area contributed by atoms with E-state index < -0.39 is 5.91 Å². The van der Waals surface area contributed by atoms with E-state index >= 15 is 0 Å². The van der Waals surface area contributed by atoms with Crippen LogP contribution in [0.5, 0.6) is 11.5 Å². The van der Waals surface area contributed by atoms with Crippen LogP contribution in [0.3, 0.4) is 0 Å². The molecule has 190 valence electrons. The SMILES string of the molecule is CCOc1cc(/C=C(\C#N)C(=O)NCc2ccccc2)cc(Br)c1OCC(=O)Nc1ccc(C)cc1C. The van der Waals surface area contributed by atoms with Gasteiger partial charge >= 0.3 is 0 Å². The third kappa shape index (κ3) is 7.95. The first-order valence-electron chi connectivity index (χ1n) is 11.7.